The highest BCUT2D eigenvalue weighted by Crippen LogP contribution is 2.48. The molecule has 0 bridgehead atoms. The zero-order valence-corrected chi connectivity index (χ0v) is 14.7. The number of benzene rings is 2. The van der Waals surface area contributed by atoms with E-state index in [9.17, 15) is 9.18 Å². The molecule has 0 radical (unpaired) electrons. The minimum atomic E-state index is -0.222. The number of hydrogen-bond donors (Lipinski definition) is 1. The normalized spacial score (nSPS) is 22.8. The predicted octanol–water partition coefficient (Wildman–Crippen LogP) is 3.40. The summed E-state index contributed by atoms with van der Waals surface area (Å²) in [6.45, 7) is 4.10. The van der Waals surface area contributed by atoms with Crippen molar-refractivity contribution >= 4 is 11.6 Å². The maximum absolute atomic E-state index is 13.9. The number of hydrogen-bond acceptors (Lipinski definition) is 3. The van der Waals surface area contributed by atoms with E-state index >= 15 is 0 Å². The zero-order valence-electron chi connectivity index (χ0n) is 14.7. The van der Waals surface area contributed by atoms with Crippen molar-refractivity contribution in [3.05, 3.63) is 65.5 Å². The Hall–Kier alpha value is -2.24. The average Bonchev–Trinajstić information content (AvgIpc) is 3.45. The molecule has 0 spiro atoms. The number of halogens is 1. The highest BCUT2D eigenvalue weighted by atomic mass is 19.1. The minimum Gasteiger partial charge on any atom is -0.379 e. The molecule has 1 saturated heterocycles. The first-order chi connectivity index (χ1) is 12.7. The summed E-state index contributed by atoms with van der Waals surface area (Å²) >= 11 is 0. The molecule has 1 saturated carbocycles. The quantitative estimate of drug-likeness (QED) is 0.895. The number of carbonyl (C=O) groups is 1. The summed E-state index contributed by atoms with van der Waals surface area (Å²) in [5.74, 6) is -0.404. The van der Waals surface area contributed by atoms with Gasteiger partial charge in [-0.25, -0.2) is 4.39 Å². The van der Waals surface area contributed by atoms with Gasteiger partial charge in [0.15, 0.2) is 0 Å². The number of nitrogens with one attached hydrogen (secondary N) is 1. The summed E-state index contributed by atoms with van der Waals surface area (Å²) in [7, 11) is 0. The molecule has 2 aromatic carbocycles. The molecule has 2 atom stereocenters. The summed E-state index contributed by atoms with van der Waals surface area (Å²) in [5, 5.41) is 3.06. The molecule has 1 N–H and O–H groups in total. The molecule has 2 aliphatic rings. The molecule has 2 fully saturated rings. The fourth-order valence-corrected chi connectivity index (χ4v) is 3.61. The van der Waals surface area contributed by atoms with Gasteiger partial charge in [-0.2, -0.15) is 0 Å². The first-order valence-corrected chi connectivity index (χ1v) is 9.15. The minimum absolute atomic E-state index is 0.0115. The van der Waals surface area contributed by atoms with E-state index in [0.717, 1.165) is 44.1 Å². The van der Waals surface area contributed by atoms with Gasteiger partial charge < -0.3 is 10.1 Å². The summed E-state index contributed by atoms with van der Waals surface area (Å²) in [6, 6.07) is 14.6. The van der Waals surface area contributed by atoms with Gasteiger partial charge in [-0.3, -0.25) is 9.69 Å². The third-order valence-electron chi connectivity index (χ3n) is 5.20. The topological polar surface area (TPSA) is 41.6 Å². The molecule has 1 aliphatic carbocycles. The van der Waals surface area contributed by atoms with Crippen LogP contribution in [0.4, 0.5) is 10.1 Å². The molecule has 1 aliphatic heterocycles. The molecule has 136 valence electrons. The largest absolute Gasteiger partial charge is 0.379 e. The molecule has 26 heavy (non-hydrogen) atoms. The highest BCUT2D eigenvalue weighted by Gasteiger charge is 2.45. The Morgan fingerprint density at radius 1 is 1.12 bits per heavy atom. The summed E-state index contributed by atoms with van der Waals surface area (Å²) in [6.07, 6.45) is 0.707. The Labute approximate surface area is 153 Å². The van der Waals surface area contributed by atoms with E-state index in [4.69, 9.17) is 4.74 Å². The molecule has 4 nitrogen and oxygen atoms in total. The van der Waals surface area contributed by atoms with Crippen LogP contribution in [0.1, 0.15) is 23.5 Å². The van der Waals surface area contributed by atoms with E-state index in [2.05, 4.69) is 10.2 Å². The van der Waals surface area contributed by atoms with Crippen LogP contribution in [0.15, 0.2) is 48.5 Å². The van der Waals surface area contributed by atoms with Crippen molar-refractivity contribution in [1.82, 2.24) is 4.90 Å². The van der Waals surface area contributed by atoms with E-state index in [1.165, 1.54) is 6.07 Å². The van der Waals surface area contributed by atoms with Crippen molar-refractivity contribution in [2.45, 2.75) is 18.9 Å². The highest BCUT2D eigenvalue weighted by molar-refractivity contribution is 5.95. The Bertz CT molecular complexity index is 789. The van der Waals surface area contributed by atoms with Crippen LogP contribution in [0.2, 0.25) is 0 Å². The number of rotatable bonds is 5. The first kappa shape index (κ1) is 17.2. The van der Waals surface area contributed by atoms with Crippen LogP contribution in [0.25, 0.3) is 0 Å². The molecule has 1 heterocycles. The van der Waals surface area contributed by atoms with Crippen LogP contribution < -0.4 is 5.32 Å². The lowest BCUT2D eigenvalue weighted by molar-refractivity contribution is -0.117. The average molecular weight is 354 g/mol. The Morgan fingerprint density at radius 3 is 2.65 bits per heavy atom. The summed E-state index contributed by atoms with van der Waals surface area (Å²) < 4.78 is 19.3. The van der Waals surface area contributed by atoms with Gasteiger partial charge in [-0.1, -0.05) is 36.4 Å². The first-order valence-electron chi connectivity index (χ1n) is 9.15. The van der Waals surface area contributed by atoms with Crippen LogP contribution in [0.5, 0.6) is 0 Å². The van der Waals surface area contributed by atoms with Crippen LogP contribution >= 0.6 is 0 Å². The van der Waals surface area contributed by atoms with Crippen molar-refractivity contribution in [2.24, 2.45) is 5.92 Å². The predicted molar refractivity (Wildman–Crippen MR) is 98.4 cm³/mol. The van der Waals surface area contributed by atoms with Crippen molar-refractivity contribution < 1.29 is 13.9 Å². The van der Waals surface area contributed by atoms with E-state index in [1.807, 2.05) is 30.3 Å². The van der Waals surface area contributed by atoms with Gasteiger partial charge in [-0.15, -0.1) is 0 Å². The fourth-order valence-electron chi connectivity index (χ4n) is 3.61. The Kier molecular flexibility index (Phi) is 5.00. The molecule has 2 aromatic rings. The van der Waals surface area contributed by atoms with Gasteiger partial charge in [0.05, 0.1) is 13.2 Å². The SMILES string of the molecule is O=C(Nc1ccccc1CN1CCOCC1)[C@H]1C[C@@H]1c1ccccc1F. The molecule has 0 aromatic heterocycles. The molecule has 0 unspecified atom stereocenters. The molecule has 5 heteroatoms. The van der Waals surface area contributed by atoms with Crippen molar-refractivity contribution in [2.75, 3.05) is 31.6 Å². The number of morpholine rings is 1. The molecule has 4 rings (SSSR count). The third kappa shape index (κ3) is 3.79. The van der Waals surface area contributed by atoms with Crippen molar-refractivity contribution in [1.29, 1.82) is 0 Å². The number of amides is 1. The van der Waals surface area contributed by atoms with Crippen LogP contribution in [0, 0.1) is 11.7 Å². The van der Waals surface area contributed by atoms with E-state index < -0.39 is 0 Å². The van der Waals surface area contributed by atoms with Gasteiger partial charge in [-0.05, 0) is 35.6 Å². The summed E-state index contributed by atoms with van der Waals surface area (Å²) in [5.41, 5.74) is 2.60. The standard InChI is InChI=1S/C21H23FN2O2/c22-19-7-3-2-6-16(19)17-13-18(17)21(25)23-20-8-4-1-5-15(20)14-24-9-11-26-12-10-24/h1-8,17-18H,9-14H2,(H,23,25)/t17-,18+/m1/s1. The molecule has 1 amide bonds. The second kappa shape index (κ2) is 7.56. The van der Waals surface area contributed by atoms with Gasteiger partial charge in [0.1, 0.15) is 5.82 Å². The second-order valence-corrected chi connectivity index (χ2v) is 7.01. The third-order valence-corrected chi connectivity index (χ3v) is 5.20. The van der Waals surface area contributed by atoms with E-state index in [-0.39, 0.29) is 23.6 Å². The summed E-state index contributed by atoms with van der Waals surface area (Å²) in [4.78, 5) is 15.0. The van der Waals surface area contributed by atoms with Gasteiger partial charge in [0.25, 0.3) is 0 Å². The number of carbonyl (C=O) groups excluding carboxylic acids is 1. The fraction of sp³-hybridized carbons (Fsp3) is 0.381. The van der Waals surface area contributed by atoms with Crippen molar-refractivity contribution in [3.63, 3.8) is 0 Å². The number of anilines is 1. The Morgan fingerprint density at radius 2 is 1.85 bits per heavy atom. The van der Waals surface area contributed by atoms with Gasteiger partial charge in [0.2, 0.25) is 5.91 Å². The number of para-hydroxylation sites is 1. The van der Waals surface area contributed by atoms with Crippen molar-refractivity contribution in [3.8, 4) is 0 Å². The maximum atomic E-state index is 13.9. The second-order valence-electron chi connectivity index (χ2n) is 7.01. The van der Waals surface area contributed by atoms with Gasteiger partial charge in [0, 0.05) is 31.2 Å². The lowest BCUT2D eigenvalue weighted by Crippen LogP contribution is -2.35. The molecular weight excluding hydrogens is 331 g/mol. The van der Waals surface area contributed by atoms with Crippen LogP contribution in [-0.4, -0.2) is 37.1 Å². The maximum Gasteiger partial charge on any atom is 0.228 e. The monoisotopic (exact) mass is 354 g/mol. The number of ether oxygens (including phenoxy) is 1. The molecular formula is C21H23FN2O2. The lowest BCUT2D eigenvalue weighted by atomic mass is 10.1. The van der Waals surface area contributed by atoms with E-state index in [0.29, 0.717) is 12.0 Å². The van der Waals surface area contributed by atoms with Gasteiger partial charge >= 0.3 is 0 Å². The Balaban J connectivity index is 1.41. The lowest BCUT2D eigenvalue weighted by Gasteiger charge is -2.27. The van der Waals surface area contributed by atoms with Crippen LogP contribution in [0.3, 0.4) is 0 Å². The number of nitrogens with zero attached hydrogens (tertiary/aromatic N) is 1. The van der Waals surface area contributed by atoms with Crippen LogP contribution in [-0.2, 0) is 16.1 Å². The zero-order chi connectivity index (χ0) is 17.9. The van der Waals surface area contributed by atoms with E-state index in [1.54, 1.807) is 12.1 Å². The smallest absolute Gasteiger partial charge is 0.228 e.